The van der Waals surface area contributed by atoms with Crippen molar-refractivity contribution in [3.05, 3.63) is 29.8 Å². The number of carbonyl (C=O) groups is 2. The summed E-state index contributed by atoms with van der Waals surface area (Å²) >= 11 is 5.83. The summed E-state index contributed by atoms with van der Waals surface area (Å²) < 4.78 is 5.63. The first-order valence-electron chi connectivity index (χ1n) is 8.44. The Morgan fingerprint density at radius 2 is 2.00 bits per heavy atom. The van der Waals surface area contributed by atoms with Crippen LogP contribution in [-0.4, -0.2) is 47.8 Å². The van der Waals surface area contributed by atoms with Gasteiger partial charge in [0.2, 0.25) is 5.91 Å². The quantitative estimate of drug-likeness (QED) is 0.799. The van der Waals surface area contributed by atoms with Crippen molar-refractivity contribution in [2.45, 2.75) is 44.5 Å². The van der Waals surface area contributed by atoms with Crippen LogP contribution < -0.4 is 10.1 Å². The minimum absolute atomic E-state index is 0.00880. The Kier molecular flexibility index (Phi) is 6.91. The van der Waals surface area contributed by atoms with Gasteiger partial charge in [-0.15, -0.1) is 11.6 Å². The molecular formula is C18H25ClN2O3. The zero-order valence-corrected chi connectivity index (χ0v) is 15.0. The van der Waals surface area contributed by atoms with Crippen LogP contribution in [0.2, 0.25) is 0 Å². The molecule has 1 heterocycles. The molecule has 0 saturated carbocycles. The normalized spacial score (nSPS) is 16.5. The highest BCUT2D eigenvalue weighted by Gasteiger charge is 2.25. The molecule has 1 aliphatic rings. The molecule has 1 saturated heterocycles. The molecule has 1 aromatic rings. The molecular weight excluding hydrogens is 328 g/mol. The van der Waals surface area contributed by atoms with E-state index in [1.54, 1.807) is 11.8 Å². The first kappa shape index (κ1) is 18.6. The Bertz CT molecular complexity index is 569. The van der Waals surface area contributed by atoms with Crippen LogP contribution in [0.5, 0.6) is 5.75 Å². The van der Waals surface area contributed by atoms with E-state index in [2.05, 4.69) is 12.2 Å². The maximum atomic E-state index is 12.1. The number of piperidine rings is 1. The van der Waals surface area contributed by atoms with Crippen LogP contribution in [0.15, 0.2) is 24.3 Å². The molecule has 24 heavy (non-hydrogen) atoms. The number of para-hydroxylation sites is 1. The fourth-order valence-corrected chi connectivity index (χ4v) is 2.98. The van der Waals surface area contributed by atoms with Crippen LogP contribution in [0, 0.1) is 0 Å². The summed E-state index contributed by atoms with van der Waals surface area (Å²) in [4.78, 5) is 25.7. The van der Waals surface area contributed by atoms with E-state index in [1.807, 2.05) is 24.3 Å². The number of hydrogen-bond acceptors (Lipinski definition) is 3. The summed E-state index contributed by atoms with van der Waals surface area (Å²) in [6.07, 6.45) is 2.35. The summed E-state index contributed by atoms with van der Waals surface area (Å²) in [5.74, 6) is 0.587. The molecule has 2 rings (SSSR count). The Hall–Kier alpha value is -1.75. The van der Waals surface area contributed by atoms with Crippen LogP contribution >= 0.6 is 11.6 Å². The lowest BCUT2D eigenvalue weighted by atomic mass is 10.0. The number of nitrogens with zero attached hydrogens (tertiary/aromatic N) is 1. The number of amides is 2. The van der Waals surface area contributed by atoms with Gasteiger partial charge in [-0.1, -0.05) is 25.1 Å². The van der Waals surface area contributed by atoms with Crippen LogP contribution in [0.1, 0.15) is 32.3 Å². The SMILES string of the molecule is CCc1ccccc1OCC(=O)NC1CCN(C(=O)C(C)Cl)CC1. The maximum Gasteiger partial charge on any atom is 0.258 e. The highest BCUT2D eigenvalue weighted by Crippen LogP contribution is 2.18. The highest BCUT2D eigenvalue weighted by molar-refractivity contribution is 6.30. The summed E-state index contributed by atoms with van der Waals surface area (Å²) in [5, 5.41) is 2.48. The molecule has 1 atom stereocenters. The van der Waals surface area contributed by atoms with Crippen LogP contribution in [0.25, 0.3) is 0 Å². The largest absolute Gasteiger partial charge is 0.483 e. The van der Waals surface area contributed by atoms with Gasteiger partial charge in [-0.05, 0) is 37.8 Å². The van der Waals surface area contributed by atoms with Crippen LogP contribution in [-0.2, 0) is 16.0 Å². The minimum Gasteiger partial charge on any atom is -0.483 e. The van der Waals surface area contributed by atoms with E-state index >= 15 is 0 Å². The average Bonchev–Trinajstić information content (AvgIpc) is 2.60. The van der Waals surface area contributed by atoms with Gasteiger partial charge in [0.15, 0.2) is 6.61 Å². The summed E-state index contributed by atoms with van der Waals surface area (Å²) in [7, 11) is 0. The third-order valence-electron chi connectivity index (χ3n) is 4.22. The maximum absolute atomic E-state index is 12.1. The van der Waals surface area contributed by atoms with Crippen molar-refractivity contribution < 1.29 is 14.3 Å². The fraction of sp³-hybridized carbons (Fsp3) is 0.556. The van der Waals surface area contributed by atoms with Crippen molar-refractivity contribution in [3.8, 4) is 5.75 Å². The number of ether oxygens (including phenoxy) is 1. The smallest absolute Gasteiger partial charge is 0.258 e. The van der Waals surface area contributed by atoms with E-state index in [0.29, 0.717) is 13.1 Å². The van der Waals surface area contributed by atoms with Crippen molar-refractivity contribution in [2.24, 2.45) is 0 Å². The summed E-state index contributed by atoms with van der Waals surface area (Å²) in [5.41, 5.74) is 1.09. The lowest BCUT2D eigenvalue weighted by molar-refractivity contribution is -0.131. The van der Waals surface area contributed by atoms with E-state index < -0.39 is 5.38 Å². The summed E-state index contributed by atoms with van der Waals surface area (Å²) in [6, 6.07) is 7.82. The van der Waals surface area contributed by atoms with E-state index in [9.17, 15) is 9.59 Å². The van der Waals surface area contributed by atoms with Gasteiger partial charge < -0.3 is 15.0 Å². The molecule has 1 aromatic carbocycles. The summed E-state index contributed by atoms with van der Waals surface area (Å²) in [6.45, 7) is 5.00. The number of halogens is 1. The second-order valence-electron chi connectivity index (χ2n) is 6.03. The Labute approximate surface area is 148 Å². The van der Waals surface area contributed by atoms with Crippen molar-refractivity contribution >= 4 is 23.4 Å². The Morgan fingerprint density at radius 3 is 2.62 bits per heavy atom. The molecule has 0 bridgehead atoms. The Morgan fingerprint density at radius 1 is 1.33 bits per heavy atom. The van der Waals surface area contributed by atoms with Gasteiger partial charge in [0.05, 0.1) is 0 Å². The molecule has 0 spiro atoms. The van der Waals surface area contributed by atoms with E-state index in [4.69, 9.17) is 16.3 Å². The number of hydrogen-bond donors (Lipinski definition) is 1. The Balaban J connectivity index is 1.75. The third-order valence-corrected chi connectivity index (χ3v) is 4.41. The van der Waals surface area contributed by atoms with Gasteiger partial charge in [-0.25, -0.2) is 0 Å². The molecule has 5 nitrogen and oxygen atoms in total. The topological polar surface area (TPSA) is 58.6 Å². The van der Waals surface area contributed by atoms with Gasteiger partial charge in [-0.2, -0.15) is 0 Å². The van der Waals surface area contributed by atoms with Gasteiger partial charge in [0, 0.05) is 19.1 Å². The van der Waals surface area contributed by atoms with E-state index in [-0.39, 0.29) is 24.5 Å². The first-order valence-corrected chi connectivity index (χ1v) is 8.87. The molecule has 2 amide bonds. The predicted molar refractivity (Wildman–Crippen MR) is 94.4 cm³/mol. The number of carbonyl (C=O) groups excluding carboxylic acids is 2. The fourth-order valence-electron chi connectivity index (χ4n) is 2.85. The van der Waals surface area contributed by atoms with Gasteiger partial charge in [-0.3, -0.25) is 9.59 Å². The number of nitrogens with one attached hydrogen (secondary N) is 1. The van der Waals surface area contributed by atoms with Gasteiger partial charge in [0.25, 0.3) is 5.91 Å². The van der Waals surface area contributed by atoms with Crippen molar-refractivity contribution in [2.75, 3.05) is 19.7 Å². The molecule has 0 aliphatic carbocycles. The van der Waals surface area contributed by atoms with Gasteiger partial charge >= 0.3 is 0 Å². The second-order valence-corrected chi connectivity index (χ2v) is 6.69. The van der Waals surface area contributed by atoms with Crippen LogP contribution in [0.4, 0.5) is 0 Å². The molecule has 0 radical (unpaired) electrons. The van der Waals surface area contributed by atoms with Crippen molar-refractivity contribution in [3.63, 3.8) is 0 Å². The lowest BCUT2D eigenvalue weighted by Crippen LogP contribution is -2.48. The average molecular weight is 353 g/mol. The molecule has 0 aromatic heterocycles. The molecule has 1 fully saturated rings. The van der Waals surface area contributed by atoms with Gasteiger partial charge in [0.1, 0.15) is 11.1 Å². The predicted octanol–water partition coefficient (Wildman–Crippen LogP) is 2.36. The number of alkyl halides is 1. The van der Waals surface area contributed by atoms with Crippen molar-refractivity contribution in [1.82, 2.24) is 10.2 Å². The third kappa shape index (κ3) is 5.13. The lowest BCUT2D eigenvalue weighted by Gasteiger charge is -2.33. The van der Waals surface area contributed by atoms with E-state index in [1.165, 1.54) is 0 Å². The molecule has 1 N–H and O–H groups in total. The molecule has 1 aliphatic heterocycles. The number of aryl methyl sites for hydroxylation is 1. The van der Waals surface area contributed by atoms with Crippen molar-refractivity contribution in [1.29, 1.82) is 0 Å². The first-order chi connectivity index (χ1) is 11.5. The molecule has 6 heteroatoms. The molecule has 1 unspecified atom stereocenters. The number of likely N-dealkylation sites (tertiary alicyclic amines) is 1. The van der Waals surface area contributed by atoms with Crippen LogP contribution in [0.3, 0.4) is 0 Å². The zero-order valence-electron chi connectivity index (χ0n) is 14.3. The number of rotatable bonds is 6. The minimum atomic E-state index is -0.497. The monoisotopic (exact) mass is 352 g/mol. The number of benzene rings is 1. The second kappa shape index (κ2) is 8.92. The molecule has 132 valence electrons. The van der Waals surface area contributed by atoms with E-state index in [0.717, 1.165) is 30.6 Å². The highest BCUT2D eigenvalue weighted by atomic mass is 35.5. The zero-order chi connectivity index (χ0) is 17.5. The standard InChI is InChI=1S/C18H25ClN2O3/c1-3-14-6-4-5-7-16(14)24-12-17(22)20-15-8-10-21(11-9-15)18(23)13(2)19/h4-7,13,15H,3,8-12H2,1-2H3,(H,20,22).